The van der Waals surface area contributed by atoms with Crippen molar-refractivity contribution in [1.82, 2.24) is 10.2 Å². The van der Waals surface area contributed by atoms with Crippen LogP contribution in [-0.4, -0.2) is 47.8 Å². The van der Waals surface area contributed by atoms with E-state index in [-0.39, 0.29) is 13.0 Å². The fourth-order valence-corrected chi connectivity index (χ4v) is 2.45. The van der Waals surface area contributed by atoms with Crippen LogP contribution in [0.25, 0.3) is 0 Å². The van der Waals surface area contributed by atoms with Gasteiger partial charge in [0, 0.05) is 26.1 Å². The Labute approximate surface area is 121 Å². The molecule has 1 aliphatic heterocycles. The molecular weight excluding hydrogens is 289 g/mol. The van der Waals surface area contributed by atoms with E-state index in [9.17, 15) is 27.9 Å². The first-order valence-corrected chi connectivity index (χ1v) is 7.03. The first kappa shape index (κ1) is 17.6. The van der Waals surface area contributed by atoms with Crippen LogP contribution in [0.4, 0.5) is 18.0 Å². The van der Waals surface area contributed by atoms with E-state index in [1.54, 1.807) is 6.92 Å². The van der Waals surface area contributed by atoms with Crippen molar-refractivity contribution >= 4 is 12.0 Å². The minimum Gasteiger partial charge on any atom is -0.481 e. The highest BCUT2D eigenvalue weighted by atomic mass is 19.4. The van der Waals surface area contributed by atoms with Crippen molar-refractivity contribution in [3.8, 4) is 0 Å². The third-order valence-corrected chi connectivity index (χ3v) is 4.05. The molecule has 2 amide bonds. The van der Waals surface area contributed by atoms with Crippen molar-refractivity contribution in [3.63, 3.8) is 0 Å². The number of likely N-dealkylation sites (tertiary alicyclic amines) is 1. The number of urea groups is 1. The molecule has 2 N–H and O–H groups in total. The summed E-state index contributed by atoms with van der Waals surface area (Å²) in [7, 11) is 0. The maximum Gasteiger partial charge on any atom is 0.389 e. The van der Waals surface area contributed by atoms with Gasteiger partial charge in [-0.05, 0) is 25.7 Å². The molecule has 0 aromatic rings. The van der Waals surface area contributed by atoms with Crippen LogP contribution in [-0.2, 0) is 4.79 Å². The lowest BCUT2D eigenvalue weighted by Gasteiger charge is -2.38. The van der Waals surface area contributed by atoms with Crippen molar-refractivity contribution in [2.45, 2.75) is 45.2 Å². The molecule has 122 valence electrons. The van der Waals surface area contributed by atoms with Gasteiger partial charge in [-0.15, -0.1) is 0 Å². The number of alkyl halides is 3. The molecule has 5 nitrogen and oxygen atoms in total. The van der Waals surface area contributed by atoms with E-state index < -0.39 is 30.0 Å². The standard InChI is InChI=1S/C13H21F3N2O3/c1-2-12(10(19)20)5-8-18(9-6-12)11(21)17-7-3-4-13(14,15)16/h2-9H2,1H3,(H,17,21)(H,19,20). The summed E-state index contributed by atoms with van der Waals surface area (Å²) < 4.78 is 35.9. The SMILES string of the molecule is CCC1(C(=O)O)CCN(C(=O)NCCCC(F)(F)F)CC1. The van der Waals surface area contributed by atoms with Gasteiger partial charge in [-0.1, -0.05) is 6.92 Å². The van der Waals surface area contributed by atoms with Gasteiger partial charge in [0.25, 0.3) is 0 Å². The number of carbonyl (C=O) groups excluding carboxylic acids is 1. The largest absolute Gasteiger partial charge is 0.481 e. The van der Waals surface area contributed by atoms with E-state index >= 15 is 0 Å². The average molecular weight is 310 g/mol. The number of hydrogen-bond donors (Lipinski definition) is 2. The van der Waals surface area contributed by atoms with Gasteiger partial charge >= 0.3 is 18.2 Å². The average Bonchev–Trinajstić information content (AvgIpc) is 2.42. The molecule has 0 aliphatic carbocycles. The van der Waals surface area contributed by atoms with E-state index in [1.165, 1.54) is 4.90 Å². The Morgan fingerprint density at radius 3 is 2.29 bits per heavy atom. The first-order valence-electron chi connectivity index (χ1n) is 7.03. The second-order valence-corrected chi connectivity index (χ2v) is 5.38. The summed E-state index contributed by atoms with van der Waals surface area (Å²) >= 11 is 0. The van der Waals surface area contributed by atoms with Gasteiger partial charge in [-0.25, -0.2) is 4.79 Å². The minimum absolute atomic E-state index is 0.0350. The molecule has 0 unspecified atom stereocenters. The van der Waals surface area contributed by atoms with E-state index in [0.717, 1.165) is 0 Å². The van der Waals surface area contributed by atoms with Crippen molar-refractivity contribution in [2.24, 2.45) is 5.41 Å². The lowest BCUT2D eigenvalue weighted by molar-refractivity contribution is -0.152. The fraction of sp³-hybridized carbons (Fsp3) is 0.846. The minimum atomic E-state index is -4.21. The number of halogens is 3. The predicted octanol–water partition coefficient (Wildman–Crippen LogP) is 2.62. The Balaban J connectivity index is 2.34. The third kappa shape index (κ3) is 5.09. The summed E-state index contributed by atoms with van der Waals surface area (Å²) in [5.41, 5.74) is -0.785. The molecular formula is C13H21F3N2O3. The Bertz CT molecular complexity index is 377. The summed E-state index contributed by atoms with van der Waals surface area (Å²) in [4.78, 5) is 24.5. The quantitative estimate of drug-likeness (QED) is 0.767. The molecule has 21 heavy (non-hydrogen) atoms. The van der Waals surface area contributed by atoms with Gasteiger partial charge in [0.2, 0.25) is 0 Å². The van der Waals surface area contributed by atoms with Crippen molar-refractivity contribution in [2.75, 3.05) is 19.6 Å². The third-order valence-electron chi connectivity index (χ3n) is 4.05. The van der Waals surface area contributed by atoms with Crippen LogP contribution >= 0.6 is 0 Å². The number of carboxylic acids is 1. The number of piperidine rings is 1. The van der Waals surface area contributed by atoms with Crippen LogP contribution in [0.2, 0.25) is 0 Å². The summed E-state index contributed by atoms with van der Waals surface area (Å²) in [6, 6.07) is -0.424. The number of rotatable bonds is 5. The maximum atomic E-state index is 12.0. The van der Waals surface area contributed by atoms with Crippen molar-refractivity contribution in [3.05, 3.63) is 0 Å². The zero-order valence-electron chi connectivity index (χ0n) is 12.0. The second-order valence-electron chi connectivity index (χ2n) is 5.38. The van der Waals surface area contributed by atoms with E-state index in [2.05, 4.69) is 5.32 Å². The lowest BCUT2D eigenvalue weighted by atomic mass is 9.76. The Kier molecular flexibility index (Phi) is 5.86. The van der Waals surface area contributed by atoms with Crippen LogP contribution in [0.15, 0.2) is 0 Å². The van der Waals surface area contributed by atoms with E-state index in [1.807, 2.05) is 0 Å². The highest BCUT2D eigenvalue weighted by Gasteiger charge is 2.40. The zero-order valence-corrected chi connectivity index (χ0v) is 12.0. The Morgan fingerprint density at radius 2 is 1.86 bits per heavy atom. The molecule has 0 saturated carbocycles. The van der Waals surface area contributed by atoms with E-state index in [0.29, 0.717) is 32.4 Å². The number of hydrogen-bond acceptors (Lipinski definition) is 2. The number of nitrogens with one attached hydrogen (secondary N) is 1. The highest BCUT2D eigenvalue weighted by Crippen LogP contribution is 2.35. The zero-order chi connectivity index (χ0) is 16.1. The van der Waals surface area contributed by atoms with Crippen LogP contribution in [0, 0.1) is 5.41 Å². The van der Waals surface area contributed by atoms with Gasteiger partial charge < -0.3 is 15.3 Å². The lowest BCUT2D eigenvalue weighted by Crippen LogP contribution is -2.49. The highest BCUT2D eigenvalue weighted by molar-refractivity contribution is 5.77. The van der Waals surface area contributed by atoms with Gasteiger partial charge in [-0.3, -0.25) is 4.79 Å². The van der Waals surface area contributed by atoms with Gasteiger partial charge in [0.1, 0.15) is 0 Å². The molecule has 0 spiro atoms. The molecule has 0 atom stereocenters. The van der Waals surface area contributed by atoms with Crippen LogP contribution in [0.1, 0.15) is 39.0 Å². The molecule has 1 rings (SSSR count). The molecule has 0 radical (unpaired) electrons. The number of amides is 2. The molecule has 1 saturated heterocycles. The number of nitrogens with zero attached hydrogens (tertiary/aromatic N) is 1. The van der Waals surface area contributed by atoms with E-state index in [4.69, 9.17) is 0 Å². The van der Waals surface area contributed by atoms with Crippen LogP contribution in [0.3, 0.4) is 0 Å². The van der Waals surface area contributed by atoms with Gasteiger partial charge in [0.15, 0.2) is 0 Å². The summed E-state index contributed by atoms with van der Waals surface area (Å²) in [5, 5.41) is 11.7. The fourth-order valence-electron chi connectivity index (χ4n) is 2.45. The Morgan fingerprint density at radius 1 is 1.29 bits per heavy atom. The number of carboxylic acid groups (broad SMARTS) is 1. The normalized spacial score (nSPS) is 18.4. The molecule has 1 heterocycles. The topological polar surface area (TPSA) is 69.6 Å². The molecule has 0 aromatic heterocycles. The number of carbonyl (C=O) groups is 2. The summed E-state index contributed by atoms with van der Waals surface area (Å²) in [6.07, 6.45) is -4.05. The Hall–Kier alpha value is -1.47. The summed E-state index contributed by atoms with van der Waals surface area (Å²) in [6.45, 7) is 2.39. The molecule has 1 fully saturated rings. The maximum absolute atomic E-state index is 12.0. The van der Waals surface area contributed by atoms with Gasteiger partial charge in [-0.2, -0.15) is 13.2 Å². The second kappa shape index (κ2) is 7.00. The smallest absolute Gasteiger partial charge is 0.389 e. The number of aliphatic carboxylic acids is 1. The molecule has 8 heteroatoms. The van der Waals surface area contributed by atoms with Gasteiger partial charge in [0.05, 0.1) is 5.41 Å². The monoisotopic (exact) mass is 310 g/mol. The predicted molar refractivity (Wildman–Crippen MR) is 69.9 cm³/mol. The van der Waals surface area contributed by atoms with Crippen LogP contribution < -0.4 is 5.32 Å². The molecule has 0 aromatic carbocycles. The van der Waals surface area contributed by atoms with Crippen molar-refractivity contribution < 1.29 is 27.9 Å². The molecule has 1 aliphatic rings. The van der Waals surface area contributed by atoms with Crippen LogP contribution in [0.5, 0.6) is 0 Å². The van der Waals surface area contributed by atoms with Crippen molar-refractivity contribution in [1.29, 1.82) is 0 Å². The summed E-state index contributed by atoms with van der Waals surface area (Å²) in [5.74, 6) is -0.852. The molecule has 0 bridgehead atoms. The first-order chi connectivity index (χ1) is 9.70.